The fourth-order valence-electron chi connectivity index (χ4n) is 3.98. The number of para-hydroxylation sites is 1. The van der Waals surface area contributed by atoms with Crippen molar-refractivity contribution < 1.29 is 18.7 Å². The van der Waals surface area contributed by atoms with Crippen LogP contribution in [-0.2, 0) is 9.53 Å². The van der Waals surface area contributed by atoms with Crippen LogP contribution in [0.2, 0.25) is 0 Å². The number of hydrogen-bond acceptors (Lipinski definition) is 5. The number of carbonyl (C=O) groups excluding carboxylic acids is 2. The highest BCUT2D eigenvalue weighted by atomic mass is 16.5. The van der Waals surface area contributed by atoms with Gasteiger partial charge in [0.25, 0.3) is 5.91 Å². The number of ether oxygens (including phenoxy) is 1. The number of anilines is 1. The zero-order valence-electron chi connectivity index (χ0n) is 19.2. The summed E-state index contributed by atoms with van der Waals surface area (Å²) in [6, 6.07) is 20.8. The van der Waals surface area contributed by atoms with Crippen molar-refractivity contribution in [2.75, 3.05) is 38.2 Å². The molecule has 1 aliphatic heterocycles. The van der Waals surface area contributed by atoms with E-state index in [0.717, 1.165) is 24.6 Å². The highest BCUT2D eigenvalue weighted by molar-refractivity contribution is 5.97. The molecule has 1 fully saturated rings. The summed E-state index contributed by atoms with van der Waals surface area (Å²) in [4.78, 5) is 28.2. The van der Waals surface area contributed by atoms with Crippen LogP contribution in [0, 0.1) is 6.92 Å². The second-order valence-electron chi connectivity index (χ2n) is 8.17. The molecule has 0 saturated carbocycles. The molecular formula is C26H30N4O4. The zero-order chi connectivity index (χ0) is 23.8. The molecule has 3 amide bonds. The molecule has 3 aromatic rings. The SMILES string of the molecule is Cc1ccc(C(CNC(=O)NC(C(=O)Nc2ccccc2)c2ccccc2)N2CCOCC2)o1. The Bertz CT molecular complexity index is 1060. The predicted octanol–water partition coefficient (Wildman–Crippen LogP) is 3.64. The molecular weight excluding hydrogens is 432 g/mol. The van der Waals surface area contributed by atoms with E-state index in [0.29, 0.717) is 31.0 Å². The molecule has 2 heterocycles. The van der Waals surface area contributed by atoms with Crippen LogP contribution in [0.15, 0.2) is 77.2 Å². The van der Waals surface area contributed by atoms with Gasteiger partial charge in [-0.05, 0) is 36.8 Å². The molecule has 2 aromatic carbocycles. The summed E-state index contributed by atoms with van der Waals surface area (Å²) >= 11 is 0. The molecule has 1 saturated heterocycles. The minimum atomic E-state index is -0.853. The minimum Gasteiger partial charge on any atom is -0.465 e. The summed E-state index contributed by atoms with van der Waals surface area (Å²) < 4.78 is 11.3. The van der Waals surface area contributed by atoms with Gasteiger partial charge < -0.3 is 25.1 Å². The number of hydrogen-bond donors (Lipinski definition) is 3. The fourth-order valence-corrected chi connectivity index (χ4v) is 3.98. The van der Waals surface area contributed by atoms with Gasteiger partial charge in [0.15, 0.2) is 0 Å². The average molecular weight is 463 g/mol. The topological polar surface area (TPSA) is 95.8 Å². The van der Waals surface area contributed by atoms with Gasteiger partial charge in [-0.1, -0.05) is 48.5 Å². The monoisotopic (exact) mass is 462 g/mol. The van der Waals surface area contributed by atoms with Crippen molar-refractivity contribution in [3.63, 3.8) is 0 Å². The third-order valence-corrected chi connectivity index (χ3v) is 5.74. The number of morpholine rings is 1. The van der Waals surface area contributed by atoms with Gasteiger partial charge in [-0.2, -0.15) is 0 Å². The van der Waals surface area contributed by atoms with Crippen LogP contribution < -0.4 is 16.0 Å². The number of amides is 3. The second kappa shape index (κ2) is 11.5. The first kappa shape index (κ1) is 23.5. The van der Waals surface area contributed by atoms with Crippen LogP contribution in [0.4, 0.5) is 10.5 Å². The second-order valence-corrected chi connectivity index (χ2v) is 8.17. The quantitative estimate of drug-likeness (QED) is 0.475. The molecule has 0 spiro atoms. The van der Waals surface area contributed by atoms with Crippen molar-refractivity contribution in [3.8, 4) is 0 Å². The molecule has 0 bridgehead atoms. The lowest BCUT2D eigenvalue weighted by molar-refractivity contribution is -0.118. The molecule has 2 atom stereocenters. The number of aryl methyl sites for hydroxylation is 1. The third-order valence-electron chi connectivity index (χ3n) is 5.74. The number of furan rings is 1. The van der Waals surface area contributed by atoms with Gasteiger partial charge in [-0.3, -0.25) is 9.69 Å². The summed E-state index contributed by atoms with van der Waals surface area (Å²) in [6.07, 6.45) is 0. The standard InChI is InChI=1S/C26H30N4O4/c1-19-12-13-23(34-19)22(30-14-16-33-17-15-30)18-27-26(32)29-24(20-8-4-2-5-9-20)25(31)28-21-10-6-3-7-11-21/h2-13,22,24H,14-18H2,1H3,(H,28,31)(H2,27,29,32). The first-order valence-electron chi connectivity index (χ1n) is 11.4. The molecule has 1 aromatic heterocycles. The Morgan fingerprint density at radius 2 is 1.62 bits per heavy atom. The minimum absolute atomic E-state index is 0.128. The van der Waals surface area contributed by atoms with Gasteiger partial charge in [-0.15, -0.1) is 0 Å². The Morgan fingerprint density at radius 1 is 0.941 bits per heavy atom. The third kappa shape index (κ3) is 6.24. The smallest absolute Gasteiger partial charge is 0.315 e. The number of nitrogens with zero attached hydrogens (tertiary/aromatic N) is 1. The lowest BCUT2D eigenvalue weighted by Gasteiger charge is -2.33. The van der Waals surface area contributed by atoms with Crippen LogP contribution in [0.25, 0.3) is 0 Å². The molecule has 1 aliphatic rings. The van der Waals surface area contributed by atoms with E-state index in [1.165, 1.54) is 0 Å². The van der Waals surface area contributed by atoms with E-state index in [1.54, 1.807) is 12.1 Å². The number of carbonyl (C=O) groups is 2. The van der Waals surface area contributed by atoms with Gasteiger partial charge in [0.05, 0.1) is 19.3 Å². The molecule has 8 heteroatoms. The van der Waals surface area contributed by atoms with Crippen LogP contribution >= 0.6 is 0 Å². The lowest BCUT2D eigenvalue weighted by atomic mass is 10.1. The molecule has 2 unspecified atom stereocenters. The van der Waals surface area contributed by atoms with Crippen LogP contribution in [0.1, 0.15) is 29.2 Å². The molecule has 8 nitrogen and oxygen atoms in total. The molecule has 0 aliphatic carbocycles. The van der Waals surface area contributed by atoms with Gasteiger partial charge in [0.1, 0.15) is 17.6 Å². The molecule has 4 rings (SSSR count). The predicted molar refractivity (Wildman–Crippen MR) is 129 cm³/mol. The highest BCUT2D eigenvalue weighted by Gasteiger charge is 2.27. The highest BCUT2D eigenvalue weighted by Crippen LogP contribution is 2.23. The van der Waals surface area contributed by atoms with Crippen molar-refractivity contribution in [1.82, 2.24) is 15.5 Å². The van der Waals surface area contributed by atoms with E-state index < -0.39 is 12.1 Å². The number of urea groups is 1. The zero-order valence-corrected chi connectivity index (χ0v) is 19.2. The Kier molecular flexibility index (Phi) is 7.95. The van der Waals surface area contributed by atoms with Crippen molar-refractivity contribution >= 4 is 17.6 Å². The van der Waals surface area contributed by atoms with Crippen LogP contribution in [0.5, 0.6) is 0 Å². The molecule has 178 valence electrons. The lowest BCUT2D eigenvalue weighted by Crippen LogP contribution is -2.47. The normalized spacial score (nSPS) is 15.8. The van der Waals surface area contributed by atoms with E-state index in [-0.39, 0.29) is 11.9 Å². The fraction of sp³-hybridized carbons (Fsp3) is 0.308. The summed E-state index contributed by atoms with van der Waals surface area (Å²) in [5, 5.41) is 8.64. The summed E-state index contributed by atoms with van der Waals surface area (Å²) in [7, 11) is 0. The maximum Gasteiger partial charge on any atom is 0.315 e. The van der Waals surface area contributed by atoms with Gasteiger partial charge in [0, 0.05) is 25.3 Å². The van der Waals surface area contributed by atoms with E-state index in [2.05, 4.69) is 20.9 Å². The van der Waals surface area contributed by atoms with E-state index in [4.69, 9.17) is 9.15 Å². The van der Waals surface area contributed by atoms with E-state index >= 15 is 0 Å². The van der Waals surface area contributed by atoms with Crippen molar-refractivity contribution in [2.24, 2.45) is 0 Å². The molecule has 34 heavy (non-hydrogen) atoms. The summed E-state index contributed by atoms with van der Waals surface area (Å²) in [5.41, 5.74) is 1.36. The molecule has 3 N–H and O–H groups in total. The van der Waals surface area contributed by atoms with Gasteiger partial charge >= 0.3 is 6.03 Å². The number of rotatable bonds is 8. The van der Waals surface area contributed by atoms with E-state index in [9.17, 15) is 9.59 Å². The van der Waals surface area contributed by atoms with Crippen molar-refractivity contribution in [1.29, 1.82) is 0 Å². The number of nitrogens with one attached hydrogen (secondary N) is 3. The first-order chi connectivity index (χ1) is 16.6. The largest absolute Gasteiger partial charge is 0.465 e. The van der Waals surface area contributed by atoms with E-state index in [1.807, 2.05) is 67.6 Å². The summed E-state index contributed by atoms with van der Waals surface area (Å²) in [6.45, 7) is 5.01. The van der Waals surface area contributed by atoms with Crippen molar-refractivity contribution in [3.05, 3.63) is 89.9 Å². The van der Waals surface area contributed by atoms with Crippen molar-refractivity contribution in [2.45, 2.75) is 19.0 Å². The first-order valence-corrected chi connectivity index (χ1v) is 11.4. The van der Waals surface area contributed by atoms with Gasteiger partial charge in [0.2, 0.25) is 0 Å². The maximum absolute atomic E-state index is 13.1. The number of benzene rings is 2. The summed E-state index contributed by atoms with van der Waals surface area (Å²) in [5.74, 6) is 1.29. The van der Waals surface area contributed by atoms with Gasteiger partial charge in [-0.25, -0.2) is 4.79 Å². The maximum atomic E-state index is 13.1. The Hall–Kier alpha value is -3.62. The Morgan fingerprint density at radius 3 is 2.26 bits per heavy atom. The van der Waals surface area contributed by atoms with Crippen LogP contribution in [-0.4, -0.2) is 49.7 Å². The van der Waals surface area contributed by atoms with Crippen LogP contribution in [0.3, 0.4) is 0 Å². The Labute approximate surface area is 199 Å². The Balaban J connectivity index is 1.44. The average Bonchev–Trinajstić information content (AvgIpc) is 3.30. The molecule has 0 radical (unpaired) electrons.